The molecule has 172 valence electrons. The van der Waals surface area contributed by atoms with Gasteiger partial charge >= 0.3 is 0 Å². The molecule has 1 fully saturated rings. The zero-order chi connectivity index (χ0) is 22.9. The molecule has 0 N–H and O–H groups in total. The minimum absolute atomic E-state index is 0.164. The molecule has 3 aliphatic heterocycles. The van der Waals surface area contributed by atoms with Crippen LogP contribution < -0.4 is 0 Å². The topological polar surface area (TPSA) is 53.1 Å². The van der Waals surface area contributed by atoms with E-state index in [1.165, 1.54) is 16.0 Å². The zero-order valence-electron chi connectivity index (χ0n) is 19.5. The first-order valence-electron chi connectivity index (χ1n) is 11.8. The van der Waals surface area contributed by atoms with Crippen LogP contribution in [-0.2, 0) is 27.3 Å². The van der Waals surface area contributed by atoms with E-state index in [0.29, 0.717) is 44.1 Å². The predicted octanol–water partition coefficient (Wildman–Crippen LogP) is 2.77. The highest BCUT2D eigenvalue weighted by atomic mass is 16.5. The van der Waals surface area contributed by atoms with Gasteiger partial charge in [0, 0.05) is 39.3 Å². The summed E-state index contributed by atoms with van der Waals surface area (Å²) < 4.78 is 5.43. The molecule has 5 rings (SSSR count). The normalized spacial score (nSPS) is 19.5. The van der Waals surface area contributed by atoms with Gasteiger partial charge in [0.05, 0.1) is 18.8 Å². The molecule has 3 aliphatic rings. The summed E-state index contributed by atoms with van der Waals surface area (Å²) in [6.07, 6.45) is 0.870. The van der Waals surface area contributed by atoms with Crippen LogP contribution in [0.5, 0.6) is 0 Å². The smallest absolute Gasteiger partial charge is 0.277 e. The zero-order valence-corrected chi connectivity index (χ0v) is 19.5. The van der Waals surface area contributed by atoms with E-state index in [2.05, 4.69) is 34.1 Å². The second kappa shape index (κ2) is 9.12. The number of benzene rings is 2. The SMILES string of the molecule is Cc1ccc(C2=C(N3CCc4ccccc4C3)C(=O)N(CCN3CCOCC3)C2=O)c(C)c1. The number of morpholine rings is 1. The summed E-state index contributed by atoms with van der Waals surface area (Å²) in [5.41, 5.74) is 6.69. The number of carbonyl (C=O) groups excluding carboxylic acids is 2. The molecule has 2 aromatic rings. The van der Waals surface area contributed by atoms with E-state index in [1.54, 1.807) is 0 Å². The Labute approximate surface area is 195 Å². The van der Waals surface area contributed by atoms with Crippen molar-refractivity contribution >= 4 is 17.4 Å². The fourth-order valence-electron chi connectivity index (χ4n) is 5.15. The van der Waals surface area contributed by atoms with E-state index < -0.39 is 0 Å². The number of imide groups is 1. The Morgan fingerprint density at radius 3 is 2.39 bits per heavy atom. The van der Waals surface area contributed by atoms with Crippen molar-refractivity contribution in [3.63, 3.8) is 0 Å². The fourth-order valence-corrected chi connectivity index (χ4v) is 5.15. The molecule has 3 heterocycles. The molecule has 1 saturated heterocycles. The van der Waals surface area contributed by atoms with Gasteiger partial charge in [-0.15, -0.1) is 0 Å². The number of aryl methyl sites for hydroxylation is 2. The van der Waals surface area contributed by atoms with Crippen molar-refractivity contribution in [2.75, 3.05) is 45.9 Å². The lowest BCUT2D eigenvalue weighted by atomic mass is 9.95. The van der Waals surface area contributed by atoms with Crippen LogP contribution >= 0.6 is 0 Å². The molecule has 0 radical (unpaired) electrons. The van der Waals surface area contributed by atoms with Crippen LogP contribution in [0.15, 0.2) is 48.2 Å². The lowest BCUT2D eigenvalue weighted by Crippen LogP contribution is -2.44. The highest BCUT2D eigenvalue weighted by Crippen LogP contribution is 2.35. The van der Waals surface area contributed by atoms with Gasteiger partial charge in [-0.25, -0.2) is 0 Å². The van der Waals surface area contributed by atoms with E-state index in [-0.39, 0.29) is 11.8 Å². The third-order valence-electron chi connectivity index (χ3n) is 6.99. The Balaban J connectivity index is 1.49. The average Bonchev–Trinajstić information content (AvgIpc) is 3.07. The van der Waals surface area contributed by atoms with E-state index in [4.69, 9.17) is 4.74 Å². The number of fused-ring (bicyclic) bond motifs is 1. The second-order valence-electron chi connectivity index (χ2n) is 9.20. The Kier molecular flexibility index (Phi) is 6.04. The molecular formula is C27H31N3O3. The Morgan fingerprint density at radius 1 is 0.879 bits per heavy atom. The van der Waals surface area contributed by atoms with Gasteiger partial charge in [-0.3, -0.25) is 19.4 Å². The summed E-state index contributed by atoms with van der Waals surface area (Å²) >= 11 is 0. The quantitative estimate of drug-likeness (QED) is 0.663. The summed E-state index contributed by atoms with van der Waals surface area (Å²) in [6, 6.07) is 14.5. The number of hydrogen-bond donors (Lipinski definition) is 0. The molecule has 6 heteroatoms. The lowest BCUT2D eigenvalue weighted by Gasteiger charge is -2.32. The largest absolute Gasteiger partial charge is 0.379 e. The van der Waals surface area contributed by atoms with Gasteiger partial charge in [-0.05, 0) is 42.5 Å². The van der Waals surface area contributed by atoms with Gasteiger partial charge in [-0.1, -0.05) is 48.0 Å². The fraction of sp³-hybridized carbons (Fsp3) is 0.407. The van der Waals surface area contributed by atoms with Crippen molar-refractivity contribution < 1.29 is 14.3 Å². The van der Waals surface area contributed by atoms with Crippen molar-refractivity contribution in [3.05, 3.63) is 76.0 Å². The molecule has 0 unspecified atom stereocenters. The van der Waals surface area contributed by atoms with Crippen molar-refractivity contribution in [1.29, 1.82) is 0 Å². The highest BCUT2D eigenvalue weighted by molar-refractivity contribution is 6.35. The van der Waals surface area contributed by atoms with Gasteiger partial charge in [0.2, 0.25) is 0 Å². The van der Waals surface area contributed by atoms with Gasteiger partial charge in [0.15, 0.2) is 0 Å². The predicted molar refractivity (Wildman–Crippen MR) is 127 cm³/mol. The van der Waals surface area contributed by atoms with E-state index in [0.717, 1.165) is 42.7 Å². The molecule has 0 bridgehead atoms. The first-order valence-corrected chi connectivity index (χ1v) is 11.8. The molecular weight excluding hydrogens is 414 g/mol. The molecule has 2 amide bonds. The molecule has 0 saturated carbocycles. The Bertz CT molecular complexity index is 1120. The number of nitrogens with zero attached hydrogens (tertiary/aromatic N) is 3. The standard InChI is InChI=1S/C27H31N3O3/c1-19-7-8-23(20(2)17-19)24-25(29-10-9-21-5-3-4-6-22(21)18-29)27(32)30(26(24)31)12-11-28-13-15-33-16-14-28/h3-8,17H,9-16,18H2,1-2H3. The molecule has 33 heavy (non-hydrogen) atoms. The summed E-state index contributed by atoms with van der Waals surface area (Å²) in [6.45, 7) is 9.60. The molecule has 2 aromatic carbocycles. The van der Waals surface area contributed by atoms with Crippen molar-refractivity contribution in [2.45, 2.75) is 26.8 Å². The van der Waals surface area contributed by atoms with Crippen molar-refractivity contribution in [2.24, 2.45) is 0 Å². The maximum absolute atomic E-state index is 13.7. The maximum atomic E-state index is 13.7. The number of rotatable bonds is 5. The van der Waals surface area contributed by atoms with Gasteiger partial charge in [-0.2, -0.15) is 0 Å². The number of hydrogen-bond acceptors (Lipinski definition) is 5. The summed E-state index contributed by atoms with van der Waals surface area (Å²) in [5.74, 6) is -0.336. The third kappa shape index (κ3) is 4.21. The van der Waals surface area contributed by atoms with Crippen LogP contribution in [-0.4, -0.2) is 72.5 Å². The first-order chi connectivity index (χ1) is 16.0. The average molecular weight is 446 g/mol. The monoisotopic (exact) mass is 445 g/mol. The van der Waals surface area contributed by atoms with Crippen molar-refractivity contribution in [3.8, 4) is 0 Å². The van der Waals surface area contributed by atoms with Crippen LogP contribution in [0.1, 0.15) is 27.8 Å². The van der Waals surface area contributed by atoms with E-state index in [9.17, 15) is 9.59 Å². The molecule has 6 nitrogen and oxygen atoms in total. The summed E-state index contributed by atoms with van der Waals surface area (Å²) in [7, 11) is 0. The number of carbonyl (C=O) groups is 2. The minimum atomic E-state index is -0.172. The number of amides is 2. The van der Waals surface area contributed by atoms with Crippen molar-refractivity contribution in [1.82, 2.24) is 14.7 Å². The van der Waals surface area contributed by atoms with Crippen LogP contribution in [0.4, 0.5) is 0 Å². The van der Waals surface area contributed by atoms with Gasteiger partial charge in [0.25, 0.3) is 11.8 Å². The van der Waals surface area contributed by atoms with Crippen LogP contribution in [0.3, 0.4) is 0 Å². The lowest BCUT2D eigenvalue weighted by molar-refractivity contribution is -0.138. The highest BCUT2D eigenvalue weighted by Gasteiger charge is 2.42. The van der Waals surface area contributed by atoms with Crippen LogP contribution in [0.2, 0.25) is 0 Å². The molecule has 0 atom stereocenters. The Morgan fingerprint density at radius 2 is 1.64 bits per heavy atom. The Hall–Kier alpha value is -2.96. The number of ether oxygens (including phenoxy) is 1. The molecule has 0 aliphatic carbocycles. The minimum Gasteiger partial charge on any atom is -0.379 e. The van der Waals surface area contributed by atoms with Gasteiger partial charge in [0.1, 0.15) is 5.70 Å². The van der Waals surface area contributed by atoms with Gasteiger partial charge < -0.3 is 9.64 Å². The molecule has 0 aromatic heterocycles. The summed E-state index contributed by atoms with van der Waals surface area (Å²) in [5, 5.41) is 0. The summed E-state index contributed by atoms with van der Waals surface area (Å²) in [4.78, 5) is 33.3. The molecule has 0 spiro atoms. The van der Waals surface area contributed by atoms with Crippen LogP contribution in [0, 0.1) is 13.8 Å². The maximum Gasteiger partial charge on any atom is 0.277 e. The third-order valence-corrected chi connectivity index (χ3v) is 6.99. The van der Waals surface area contributed by atoms with Crippen LogP contribution in [0.25, 0.3) is 5.57 Å². The van der Waals surface area contributed by atoms with E-state index in [1.807, 2.05) is 32.0 Å². The first kappa shape index (κ1) is 21.9. The second-order valence-corrected chi connectivity index (χ2v) is 9.20. The van der Waals surface area contributed by atoms with E-state index >= 15 is 0 Å².